The number of amides is 1. The number of nitrogens with zero attached hydrogens (tertiary/aromatic N) is 1. The number of sulfonamides is 1. The molecule has 0 radical (unpaired) electrons. The Morgan fingerprint density at radius 3 is 2.32 bits per heavy atom. The lowest BCUT2D eigenvalue weighted by atomic mass is 10.2. The van der Waals surface area contributed by atoms with Gasteiger partial charge in [0, 0.05) is 12.1 Å². The fraction of sp³-hybridized carbons (Fsp3) is 0.136. The van der Waals surface area contributed by atoms with Crippen molar-refractivity contribution in [2.45, 2.75) is 4.90 Å². The average Bonchev–Trinajstić information content (AvgIpc) is 2.76. The van der Waals surface area contributed by atoms with Crippen molar-refractivity contribution in [1.82, 2.24) is 4.31 Å². The Morgan fingerprint density at radius 2 is 1.68 bits per heavy atom. The first-order valence-electron chi connectivity index (χ1n) is 9.22. The van der Waals surface area contributed by atoms with Gasteiger partial charge in [0.25, 0.3) is 0 Å². The molecule has 0 aliphatic heterocycles. The number of ether oxygens (including phenoxy) is 2. The minimum absolute atomic E-state index is 0.0551. The van der Waals surface area contributed by atoms with Gasteiger partial charge in [-0.15, -0.1) is 0 Å². The maximum Gasteiger partial charge on any atom is 0.243 e. The maximum atomic E-state index is 12.7. The van der Waals surface area contributed by atoms with E-state index >= 15 is 0 Å². The number of hydrogen-bond acceptors (Lipinski definition) is 5. The molecule has 0 aliphatic carbocycles. The van der Waals surface area contributed by atoms with Gasteiger partial charge in [-0.2, -0.15) is 4.31 Å². The quantitative estimate of drug-likeness (QED) is 0.538. The van der Waals surface area contributed by atoms with Gasteiger partial charge in [-0.3, -0.25) is 4.79 Å². The summed E-state index contributed by atoms with van der Waals surface area (Å²) in [4.78, 5) is 12.6. The molecular weight excluding hydrogens is 440 g/mol. The van der Waals surface area contributed by atoms with Gasteiger partial charge in [-0.05, 0) is 54.6 Å². The summed E-state index contributed by atoms with van der Waals surface area (Å²) in [6.07, 6.45) is 0. The second-order valence-corrected chi connectivity index (χ2v) is 9.02. The van der Waals surface area contributed by atoms with Crippen molar-refractivity contribution < 1.29 is 22.7 Å². The summed E-state index contributed by atoms with van der Waals surface area (Å²) in [6, 6.07) is 19.8. The van der Waals surface area contributed by atoms with Crippen LogP contribution in [0.3, 0.4) is 0 Å². The molecular formula is C22H21ClN2O5S. The van der Waals surface area contributed by atoms with Crippen molar-refractivity contribution in [3.8, 4) is 17.2 Å². The monoisotopic (exact) mass is 460 g/mol. The molecule has 9 heteroatoms. The van der Waals surface area contributed by atoms with Gasteiger partial charge < -0.3 is 14.8 Å². The molecule has 0 bridgehead atoms. The van der Waals surface area contributed by atoms with E-state index in [1.54, 1.807) is 36.4 Å². The van der Waals surface area contributed by atoms with Gasteiger partial charge in [0.15, 0.2) is 5.75 Å². The topological polar surface area (TPSA) is 84.9 Å². The molecule has 7 nitrogen and oxygen atoms in total. The molecule has 0 heterocycles. The van der Waals surface area contributed by atoms with Crippen LogP contribution in [0.1, 0.15) is 0 Å². The third kappa shape index (κ3) is 5.75. The van der Waals surface area contributed by atoms with E-state index in [0.29, 0.717) is 28.0 Å². The van der Waals surface area contributed by atoms with Crippen molar-refractivity contribution in [3.63, 3.8) is 0 Å². The molecule has 3 aromatic rings. The fourth-order valence-corrected chi connectivity index (χ4v) is 4.01. The number of carbonyl (C=O) groups excluding carboxylic acids is 1. The van der Waals surface area contributed by atoms with E-state index in [1.807, 2.05) is 18.2 Å². The highest BCUT2D eigenvalue weighted by Gasteiger charge is 2.23. The molecule has 0 saturated carbocycles. The highest BCUT2D eigenvalue weighted by atomic mass is 35.5. The van der Waals surface area contributed by atoms with Crippen LogP contribution >= 0.6 is 11.6 Å². The number of likely N-dealkylation sites (N-methyl/N-ethyl adjacent to an activating group) is 1. The molecule has 1 amide bonds. The van der Waals surface area contributed by atoms with E-state index in [0.717, 1.165) is 4.31 Å². The van der Waals surface area contributed by atoms with Gasteiger partial charge in [0.1, 0.15) is 11.5 Å². The van der Waals surface area contributed by atoms with Crippen molar-refractivity contribution in [1.29, 1.82) is 0 Å². The summed E-state index contributed by atoms with van der Waals surface area (Å²) in [5, 5.41) is 3.07. The standard InChI is InChI=1S/C22H21ClN2O5S/c1-25(31(27,28)19-11-9-17(29-2)10-12-19)15-22(26)24-20-14-16(23)8-13-21(20)30-18-6-4-3-5-7-18/h3-14H,15H2,1-2H3,(H,24,26). The molecule has 1 N–H and O–H groups in total. The lowest BCUT2D eigenvalue weighted by Crippen LogP contribution is -2.35. The molecule has 0 aliphatic rings. The Morgan fingerprint density at radius 1 is 1.00 bits per heavy atom. The van der Waals surface area contributed by atoms with Crippen LogP contribution in [0.15, 0.2) is 77.7 Å². The molecule has 0 aromatic heterocycles. The predicted octanol–water partition coefficient (Wildman–Crippen LogP) is 4.40. The average molecular weight is 461 g/mol. The summed E-state index contributed by atoms with van der Waals surface area (Å²) in [6.45, 7) is -0.397. The Bertz CT molecular complexity index is 1150. The molecule has 0 spiro atoms. The summed E-state index contributed by atoms with van der Waals surface area (Å²) >= 11 is 6.06. The van der Waals surface area contributed by atoms with E-state index in [2.05, 4.69) is 5.32 Å². The molecule has 31 heavy (non-hydrogen) atoms. The molecule has 0 unspecified atom stereocenters. The summed E-state index contributed by atoms with van der Waals surface area (Å²) in [7, 11) is -1.04. The molecule has 0 atom stereocenters. The number of para-hydroxylation sites is 1. The highest BCUT2D eigenvalue weighted by Crippen LogP contribution is 2.32. The van der Waals surface area contributed by atoms with Gasteiger partial charge >= 0.3 is 0 Å². The second-order valence-electron chi connectivity index (χ2n) is 6.54. The minimum Gasteiger partial charge on any atom is -0.497 e. The zero-order valence-electron chi connectivity index (χ0n) is 16.9. The highest BCUT2D eigenvalue weighted by molar-refractivity contribution is 7.89. The largest absolute Gasteiger partial charge is 0.497 e. The number of carbonyl (C=O) groups is 1. The first-order valence-corrected chi connectivity index (χ1v) is 11.0. The number of nitrogens with one attached hydrogen (secondary N) is 1. The molecule has 3 aromatic carbocycles. The molecule has 3 rings (SSSR count). The summed E-state index contributed by atoms with van der Waals surface area (Å²) in [5.41, 5.74) is 0.330. The smallest absolute Gasteiger partial charge is 0.243 e. The van der Waals surface area contributed by atoms with Crippen LogP contribution in [0.4, 0.5) is 5.69 Å². The lowest BCUT2D eigenvalue weighted by molar-refractivity contribution is -0.116. The SMILES string of the molecule is COc1ccc(S(=O)(=O)N(C)CC(=O)Nc2cc(Cl)ccc2Oc2ccccc2)cc1. The van der Waals surface area contributed by atoms with E-state index in [4.69, 9.17) is 21.1 Å². The van der Waals surface area contributed by atoms with Crippen molar-refractivity contribution >= 4 is 33.2 Å². The first kappa shape index (κ1) is 22.6. The summed E-state index contributed by atoms with van der Waals surface area (Å²) < 4.78 is 37.3. The van der Waals surface area contributed by atoms with Gasteiger partial charge in [-0.25, -0.2) is 8.42 Å². The Balaban J connectivity index is 1.73. The third-order valence-electron chi connectivity index (χ3n) is 4.32. The number of rotatable bonds is 8. The van der Waals surface area contributed by atoms with E-state index in [1.165, 1.54) is 32.4 Å². The number of benzene rings is 3. The number of methoxy groups -OCH3 is 1. The number of halogens is 1. The van der Waals surface area contributed by atoms with E-state index in [-0.39, 0.29) is 4.90 Å². The van der Waals surface area contributed by atoms with Crippen molar-refractivity contribution in [2.24, 2.45) is 0 Å². The van der Waals surface area contributed by atoms with Crippen LogP contribution in [0.5, 0.6) is 17.2 Å². The zero-order valence-corrected chi connectivity index (χ0v) is 18.5. The van der Waals surface area contributed by atoms with Gasteiger partial charge in [0.05, 0.1) is 24.2 Å². The lowest BCUT2D eigenvalue weighted by Gasteiger charge is -2.18. The Hall–Kier alpha value is -3.07. The maximum absolute atomic E-state index is 12.7. The van der Waals surface area contributed by atoms with Crippen LogP contribution in [0, 0.1) is 0 Å². The molecule has 0 fully saturated rings. The van der Waals surface area contributed by atoms with E-state index in [9.17, 15) is 13.2 Å². The normalized spacial score (nSPS) is 11.2. The van der Waals surface area contributed by atoms with Crippen molar-refractivity contribution in [2.75, 3.05) is 26.0 Å². The third-order valence-corrected chi connectivity index (χ3v) is 6.37. The van der Waals surface area contributed by atoms with Crippen LogP contribution in [0.25, 0.3) is 0 Å². The molecule has 0 saturated heterocycles. The van der Waals surface area contributed by atoms with Crippen LogP contribution in [0.2, 0.25) is 5.02 Å². The minimum atomic E-state index is -3.86. The Kier molecular flexibility index (Phi) is 7.17. The van der Waals surface area contributed by atoms with E-state index < -0.39 is 22.5 Å². The number of hydrogen-bond donors (Lipinski definition) is 1. The van der Waals surface area contributed by atoms with Crippen LogP contribution < -0.4 is 14.8 Å². The second kappa shape index (κ2) is 9.82. The van der Waals surface area contributed by atoms with Crippen molar-refractivity contribution in [3.05, 3.63) is 77.8 Å². The first-order chi connectivity index (χ1) is 14.8. The van der Waals surface area contributed by atoms with Gasteiger partial charge in [0.2, 0.25) is 15.9 Å². The van der Waals surface area contributed by atoms with Crippen LogP contribution in [-0.4, -0.2) is 39.3 Å². The fourth-order valence-electron chi connectivity index (χ4n) is 2.71. The van der Waals surface area contributed by atoms with Gasteiger partial charge in [-0.1, -0.05) is 29.8 Å². The molecule has 162 valence electrons. The zero-order chi connectivity index (χ0) is 22.4. The Labute approximate surface area is 186 Å². The predicted molar refractivity (Wildman–Crippen MR) is 119 cm³/mol. The van der Waals surface area contributed by atoms with Crippen LogP contribution in [-0.2, 0) is 14.8 Å². The summed E-state index contributed by atoms with van der Waals surface area (Å²) in [5.74, 6) is 0.954. The number of anilines is 1.